The second-order valence-corrected chi connectivity index (χ2v) is 7.72. The van der Waals surface area contributed by atoms with Gasteiger partial charge in [-0.25, -0.2) is 0 Å². The van der Waals surface area contributed by atoms with E-state index in [0.717, 1.165) is 5.16 Å². The average molecular weight is 447 g/mol. The summed E-state index contributed by atoms with van der Waals surface area (Å²) in [4.78, 5) is 12.4. The Morgan fingerprint density at radius 3 is 2.57 bits per heavy atom. The maximum atomic E-state index is 12.4. The second-order valence-electron chi connectivity index (χ2n) is 6.22. The quantitative estimate of drug-likeness (QED) is 0.369. The number of ether oxygens (including phenoxy) is 2. The van der Waals surface area contributed by atoms with E-state index in [1.54, 1.807) is 31.4 Å². The summed E-state index contributed by atoms with van der Waals surface area (Å²) in [5.74, 6) is 2.56. The number of anilines is 1. The molecule has 1 aromatic heterocycles. The van der Waals surface area contributed by atoms with Gasteiger partial charge in [0, 0.05) is 23.0 Å². The van der Waals surface area contributed by atoms with Crippen molar-refractivity contribution >= 4 is 35.0 Å². The van der Waals surface area contributed by atoms with Crippen molar-refractivity contribution in [2.24, 2.45) is 0 Å². The number of methoxy groups -OCH3 is 1. The highest BCUT2D eigenvalue weighted by atomic mass is 35.5. The van der Waals surface area contributed by atoms with Crippen LogP contribution in [-0.2, 0) is 17.8 Å². The van der Waals surface area contributed by atoms with E-state index >= 15 is 0 Å². The normalized spacial score (nSPS) is 10.6. The molecular formula is C21H23ClN4O3S. The number of aromatic nitrogens is 3. The molecule has 0 unspecified atom stereocenters. The van der Waals surface area contributed by atoms with Gasteiger partial charge in [0.2, 0.25) is 5.91 Å². The molecule has 0 aliphatic carbocycles. The van der Waals surface area contributed by atoms with Gasteiger partial charge in [-0.05, 0) is 43.3 Å². The molecule has 0 fully saturated rings. The summed E-state index contributed by atoms with van der Waals surface area (Å²) < 4.78 is 13.0. The summed E-state index contributed by atoms with van der Waals surface area (Å²) in [6, 6.07) is 14.5. The molecule has 30 heavy (non-hydrogen) atoms. The van der Waals surface area contributed by atoms with Crippen LogP contribution in [0.15, 0.2) is 53.7 Å². The van der Waals surface area contributed by atoms with Crippen LogP contribution in [-0.4, -0.2) is 40.1 Å². The predicted molar refractivity (Wildman–Crippen MR) is 119 cm³/mol. The molecule has 0 aliphatic heterocycles. The molecule has 0 saturated carbocycles. The number of hydrogen-bond donors (Lipinski definition) is 1. The highest BCUT2D eigenvalue weighted by Gasteiger charge is 2.15. The van der Waals surface area contributed by atoms with Crippen molar-refractivity contribution in [1.82, 2.24) is 14.8 Å². The lowest BCUT2D eigenvalue weighted by Crippen LogP contribution is -2.17. The van der Waals surface area contributed by atoms with Gasteiger partial charge < -0.3 is 19.4 Å². The minimum atomic E-state index is -0.157. The lowest BCUT2D eigenvalue weighted by Gasteiger charge is -2.10. The van der Waals surface area contributed by atoms with Crippen molar-refractivity contribution in [2.75, 3.05) is 24.8 Å². The summed E-state index contributed by atoms with van der Waals surface area (Å²) in [7, 11) is 1.62. The fourth-order valence-electron chi connectivity index (χ4n) is 2.78. The van der Waals surface area contributed by atoms with E-state index in [1.165, 1.54) is 11.8 Å². The SMILES string of the molecule is CCn1c(CC(=O)Nc2ccc(Cl)cc2)nnc1SCCOc1ccccc1OC. The van der Waals surface area contributed by atoms with Crippen LogP contribution >= 0.6 is 23.4 Å². The fraction of sp³-hybridized carbons (Fsp3) is 0.286. The Hall–Kier alpha value is -2.71. The molecule has 0 spiro atoms. The van der Waals surface area contributed by atoms with Crippen LogP contribution < -0.4 is 14.8 Å². The lowest BCUT2D eigenvalue weighted by molar-refractivity contribution is -0.115. The molecule has 1 heterocycles. The molecule has 9 heteroatoms. The van der Waals surface area contributed by atoms with E-state index in [4.69, 9.17) is 21.1 Å². The molecule has 3 aromatic rings. The summed E-state index contributed by atoms with van der Waals surface area (Å²) >= 11 is 7.41. The number of para-hydroxylation sites is 2. The fourth-order valence-corrected chi connectivity index (χ4v) is 3.74. The maximum absolute atomic E-state index is 12.4. The third kappa shape index (κ3) is 5.90. The van der Waals surface area contributed by atoms with Crippen molar-refractivity contribution in [1.29, 1.82) is 0 Å². The summed E-state index contributed by atoms with van der Waals surface area (Å²) in [6.07, 6.45) is 0.141. The minimum absolute atomic E-state index is 0.141. The van der Waals surface area contributed by atoms with Crippen LogP contribution in [0.25, 0.3) is 0 Å². The van der Waals surface area contributed by atoms with Gasteiger partial charge in [0.1, 0.15) is 5.82 Å². The van der Waals surface area contributed by atoms with E-state index in [-0.39, 0.29) is 12.3 Å². The number of carbonyl (C=O) groups is 1. The first-order chi connectivity index (χ1) is 14.6. The lowest BCUT2D eigenvalue weighted by atomic mass is 10.3. The van der Waals surface area contributed by atoms with Gasteiger partial charge in [0.15, 0.2) is 16.7 Å². The van der Waals surface area contributed by atoms with Crippen molar-refractivity contribution in [3.63, 3.8) is 0 Å². The number of benzene rings is 2. The molecule has 0 radical (unpaired) electrons. The first-order valence-corrected chi connectivity index (χ1v) is 10.8. The van der Waals surface area contributed by atoms with Crippen molar-refractivity contribution in [3.8, 4) is 11.5 Å². The van der Waals surface area contributed by atoms with Gasteiger partial charge in [-0.3, -0.25) is 4.79 Å². The largest absolute Gasteiger partial charge is 0.493 e. The number of carbonyl (C=O) groups excluding carboxylic acids is 1. The molecule has 3 rings (SSSR count). The number of nitrogens with zero attached hydrogens (tertiary/aromatic N) is 3. The Kier molecular flexibility index (Phi) is 7.98. The molecule has 2 aromatic carbocycles. The zero-order valence-electron chi connectivity index (χ0n) is 16.8. The van der Waals surface area contributed by atoms with Crippen LogP contribution in [0.4, 0.5) is 5.69 Å². The van der Waals surface area contributed by atoms with E-state index in [0.29, 0.717) is 46.9 Å². The van der Waals surface area contributed by atoms with E-state index < -0.39 is 0 Å². The van der Waals surface area contributed by atoms with Crippen LogP contribution in [0.1, 0.15) is 12.7 Å². The molecule has 0 aliphatic rings. The molecular weight excluding hydrogens is 424 g/mol. The number of halogens is 1. The molecule has 7 nitrogen and oxygen atoms in total. The number of rotatable bonds is 10. The highest BCUT2D eigenvalue weighted by Crippen LogP contribution is 2.26. The number of hydrogen-bond acceptors (Lipinski definition) is 6. The van der Waals surface area contributed by atoms with Gasteiger partial charge in [-0.15, -0.1) is 10.2 Å². The molecule has 1 amide bonds. The van der Waals surface area contributed by atoms with Crippen LogP contribution in [0.5, 0.6) is 11.5 Å². The summed E-state index contributed by atoms with van der Waals surface area (Å²) in [5.41, 5.74) is 0.690. The van der Waals surface area contributed by atoms with Gasteiger partial charge in [-0.1, -0.05) is 35.5 Å². The zero-order chi connectivity index (χ0) is 21.3. The summed E-state index contributed by atoms with van der Waals surface area (Å²) in [5, 5.41) is 12.7. The molecule has 0 bridgehead atoms. The highest BCUT2D eigenvalue weighted by molar-refractivity contribution is 7.99. The minimum Gasteiger partial charge on any atom is -0.493 e. The van der Waals surface area contributed by atoms with Gasteiger partial charge in [0.05, 0.1) is 20.1 Å². The molecule has 1 N–H and O–H groups in total. The van der Waals surface area contributed by atoms with Gasteiger partial charge in [-0.2, -0.15) is 0 Å². The Morgan fingerprint density at radius 2 is 1.87 bits per heavy atom. The topological polar surface area (TPSA) is 78.3 Å². The van der Waals surface area contributed by atoms with E-state index in [9.17, 15) is 4.79 Å². The first kappa shape index (κ1) is 22.0. The number of nitrogens with one attached hydrogen (secondary N) is 1. The molecule has 158 valence electrons. The van der Waals surface area contributed by atoms with E-state index in [1.807, 2.05) is 35.8 Å². The molecule has 0 atom stereocenters. The van der Waals surface area contributed by atoms with Crippen molar-refractivity contribution in [3.05, 3.63) is 59.4 Å². The van der Waals surface area contributed by atoms with Crippen LogP contribution in [0.2, 0.25) is 5.02 Å². The van der Waals surface area contributed by atoms with Crippen molar-refractivity contribution < 1.29 is 14.3 Å². The third-order valence-corrected chi connectivity index (χ3v) is 5.38. The zero-order valence-corrected chi connectivity index (χ0v) is 18.4. The maximum Gasteiger partial charge on any atom is 0.232 e. The summed E-state index contributed by atoms with van der Waals surface area (Å²) in [6.45, 7) is 3.17. The van der Waals surface area contributed by atoms with Gasteiger partial charge in [0.25, 0.3) is 0 Å². The Labute approximate surface area is 184 Å². The van der Waals surface area contributed by atoms with Gasteiger partial charge >= 0.3 is 0 Å². The predicted octanol–water partition coefficient (Wildman–Crippen LogP) is 4.31. The third-order valence-electron chi connectivity index (χ3n) is 4.20. The second kappa shape index (κ2) is 10.9. The smallest absolute Gasteiger partial charge is 0.232 e. The van der Waals surface area contributed by atoms with E-state index in [2.05, 4.69) is 15.5 Å². The van der Waals surface area contributed by atoms with Crippen LogP contribution in [0.3, 0.4) is 0 Å². The average Bonchev–Trinajstić information content (AvgIpc) is 3.14. The monoisotopic (exact) mass is 446 g/mol. The Morgan fingerprint density at radius 1 is 1.13 bits per heavy atom. The van der Waals surface area contributed by atoms with Crippen molar-refractivity contribution in [2.45, 2.75) is 25.0 Å². The number of amides is 1. The first-order valence-electron chi connectivity index (χ1n) is 9.46. The Balaban J connectivity index is 1.53. The molecule has 0 saturated heterocycles. The number of thioether (sulfide) groups is 1. The standard InChI is InChI=1S/C21H23ClN4O3S/c1-3-26-19(14-20(27)23-16-10-8-15(22)9-11-16)24-25-21(26)30-13-12-29-18-7-5-4-6-17(18)28-2/h4-11H,3,12-14H2,1-2H3,(H,23,27). The van der Waals surface area contributed by atoms with Crippen LogP contribution in [0, 0.1) is 0 Å². The Bertz CT molecular complexity index is 979.